The minimum atomic E-state index is 0.493. The van der Waals surface area contributed by atoms with Gasteiger partial charge in [-0.2, -0.15) is 0 Å². The molecule has 3 rings (SSSR count). The van der Waals surface area contributed by atoms with Gasteiger partial charge in [0.1, 0.15) is 0 Å². The van der Waals surface area contributed by atoms with Gasteiger partial charge in [-0.05, 0) is 19.4 Å². The first-order valence-electron chi connectivity index (χ1n) is 6.04. The predicted molar refractivity (Wildman–Crippen MR) is 68.0 cm³/mol. The summed E-state index contributed by atoms with van der Waals surface area (Å²) < 4.78 is 2.25. The van der Waals surface area contributed by atoms with Crippen molar-refractivity contribution in [1.29, 1.82) is 0 Å². The molecular formula is C12H16N4S. The second kappa shape index (κ2) is 4.98. The smallest absolute Gasteiger partial charge is 0.0948 e. The molecule has 0 aromatic carbocycles. The van der Waals surface area contributed by atoms with Gasteiger partial charge in [0.15, 0.2) is 0 Å². The van der Waals surface area contributed by atoms with Crippen molar-refractivity contribution in [2.24, 2.45) is 0 Å². The Labute approximate surface area is 105 Å². The lowest BCUT2D eigenvalue weighted by molar-refractivity contribution is 0.561. The number of rotatable bonds is 4. The molecule has 1 saturated heterocycles. The normalized spacial score (nSPS) is 19.9. The van der Waals surface area contributed by atoms with Gasteiger partial charge in [0.05, 0.1) is 23.2 Å². The van der Waals surface area contributed by atoms with Gasteiger partial charge in [0.2, 0.25) is 0 Å². The largest absolute Gasteiger partial charge is 0.333 e. The highest BCUT2D eigenvalue weighted by Crippen LogP contribution is 2.22. The molecule has 1 unspecified atom stereocenters. The molecule has 90 valence electrons. The summed E-state index contributed by atoms with van der Waals surface area (Å²) in [7, 11) is 0. The maximum Gasteiger partial charge on any atom is 0.0948 e. The maximum atomic E-state index is 4.31. The van der Waals surface area contributed by atoms with Crippen molar-refractivity contribution in [1.82, 2.24) is 19.9 Å². The van der Waals surface area contributed by atoms with E-state index >= 15 is 0 Å². The number of nitrogens with zero attached hydrogens (tertiary/aromatic N) is 3. The van der Waals surface area contributed by atoms with E-state index in [1.54, 1.807) is 11.3 Å². The molecular weight excluding hydrogens is 232 g/mol. The van der Waals surface area contributed by atoms with E-state index in [2.05, 4.69) is 25.2 Å². The number of thiazole rings is 1. The van der Waals surface area contributed by atoms with Crippen molar-refractivity contribution in [2.75, 3.05) is 6.54 Å². The van der Waals surface area contributed by atoms with Gasteiger partial charge in [-0.15, -0.1) is 11.3 Å². The molecule has 0 aliphatic carbocycles. The van der Waals surface area contributed by atoms with Gasteiger partial charge in [0.25, 0.3) is 0 Å². The Bertz CT molecular complexity index is 457. The lowest BCUT2D eigenvalue weighted by atomic mass is 10.1. The van der Waals surface area contributed by atoms with Crippen molar-refractivity contribution in [3.05, 3.63) is 34.8 Å². The number of hydrogen-bond donors (Lipinski definition) is 1. The average Bonchev–Trinajstić information content (AvgIpc) is 3.09. The zero-order valence-electron chi connectivity index (χ0n) is 9.67. The summed E-state index contributed by atoms with van der Waals surface area (Å²) in [5, 5.41) is 5.63. The molecule has 0 spiro atoms. The molecule has 1 N–H and O–H groups in total. The van der Waals surface area contributed by atoms with Gasteiger partial charge in [-0.1, -0.05) is 0 Å². The number of aryl methyl sites for hydroxylation is 2. The van der Waals surface area contributed by atoms with Crippen molar-refractivity contribution in [2.45, 2.75) is 31.8 Å². The molecule has 0 radical (unpaired) electrons. The minimum Gasteiger partial charge on any atom is -0.333 e. The molecule has 0 bridgehead atoms. The van der Waals surface area contributed by atoms with Crippen LogP contribution in [0.15, 0.2) is 23.4 Å². The number of hydrogen-bond acceptors (Lipinski definition) is 4. The highest BCUT2D eigenvalue weighted by Gasteiger charge is 2.19. The Morgan fingerprint density at radius 1 is 1.53 bits per heavy atom. The molecule has 4 nitrogen and oxygen atoms in total. The van der Waals surface area contributed by atoms with E-state index in [-0.39, 0.29) is 0 Å². The van der Waals surface area contributed by atoms with Crippen LogP contribution < -0.4 is 5.32 Å². The van der Waals surface area contributed by atoms with Gasteiger partial charge in [-0.3, -0.25) is 0 Å². The summed E-state index contributed by atoms with van der Waals surface area (Å²) in [5.74, 6) is 0. The molecule has 1 fully saturated rings. The van der Waals surface area contributed by atoms with Crippen molar-refractivity contribution in [3.8, 4) is 0 Å². The first kappa shape index (κ1) is 10.9. The van der Waals surface area contributed by atoms with E-state index in [0.717, 1.165) is 19.5 Å². The van der Waals surface area contributed by atoms with Crippen LogP contribution in [0.25, 0.3) is 0 Å². The molecule has 1 aliphatic rings. The van der Waals surface area contributed by atoms with Crippen LogP contribution >= 0.6 is 11.3 Å². The molecule has 2 aromatic heterocycles. The van der Waals surface area contributed by atoms with E-state index in [9.17, 15) is 0 Å². The van der Waals surface area contributed by atoms with Crippen LogP contribution in [0.1, 0.15) is 30.3 Å². The number of nitrogens with one attached hydrogen (secondary N) is 1. The molecule has 0 saturated carbocycles. The summed E-state index contributed by atoms with van der Waals surface area (Å²) in [4.78, 5) is 8.58. The molecule has 2 aromatic rings. The second-order valence-electron chi connectivity index (χ2n) is 4.39. The Balaban J connectivity index is 1.68. The van der Waals surface area contributed by atoms with Crippen LogP contribution in [-0.4, -0.2) is 21.1 Å². The minimum absolute atomic E-state index is 0.493. The SMILES string of the molecule is c1nc(CCn2cncc2C2CCCN2)cs1. The highest BCUT2D eigenvalue weighted by molar-refractivity contribution is 7.07. The maximum absolute atomic E-state index is 4.31. The van der Waals surface area contributed by atoms with Crippen molar-refractivity contribution < 1.29 is 0 Å². The van der Waals surface area contributed by atoms with Crippen LogP contribution in [0.2, 0.25) is 0 Å². The fraction of sp³-hybridized carbons (Fsp3) is 0.500. The molecule has 1 aliphatic heterocycles. The standard InChI is InChI=1S/C12H16N4S/c1-2-11(14-4-1)12-6-13-8-16(12)5-3-10-7-17-9-15-10/h6-9,11,14H,1-5H2. The molecule has 1 atom stereocenters. The Morgan fingerprint density at radius 2 is 2.53 bits per heavy atom. The quantitative estimate of drug-likeness (QED) is 0.900. The van der Waals surface area contributed by atoms with Crippen LogP contribution in [0.4, 0.5) is 0 Å². The molecule has 3 heterocycles. The van der Waals surface area contributed by atoms with Gasteiger partial charge in [-0.25, -0.2) is 9.97 Å². The zero-order valence-corrected chi connectivity index (χ0v) is 10.5. The first-order chi connectivity index (χ1) is 8.43. The lowest BCUT2D eigenvalue weighted by Gasteiger charge is -2.13. The fourth-order valence-corrected chi connectivity index (χ4v) is 2.93. The van der Waals surface area contributed by atoms with Gasteiger partial charge < -0.3 is 9.88 Å². The highest BCUT2D eigenvalue weighted by atomic mass is 32.1. The molecule has 5 heteroatoms. The van der Waals surface area contributed by atoms with Crippen molar-refractivity contribution >= 4 is 11.3 Å². The topological polar surface area (TPSA) is 42.7 Å². The van der Waals surface area contributed by atoms with Gasteiger partial charge >= 0.3 is 0 Å². The van der Waals surface area contributed by atoms with E-state index in [4.69, 9.17) is 0 Å². The monoisotopic (exact) mass is 248 g/mol. The van der Waals surface area contributed by atoms with E-state index in [1.165, 1.54) is 24.2 Å². The Hall–Kier alpha value is -1.20. The number of imidazole rings is 1. The van der Waals surface area contributed by atoms with Gasteiger partial charge in [0, 0.05) is 30.6 Å². The summed E-state index contributed by atoms with van der Waals surface area (Å²) in [6.45, 7) is 2.10. The zero-order chi connectivity index (χ0) is 11.5. The summed E-state index contributed by atoms with van der Waals surface area (Å²) in [6.07, 6.45) is 7.40. The Morgan fingerprint density at radius 3 is 3.29 bits per heavy atom. The third-order valence-electron chi connectivity index (χ3n) is 3.25. The number of aromatic nitrogens is 3. The molecule has 0 amide bonds. The Kier molecular flexibility index (Phi) is 3.20. The van der Waals surface area contributed by atoms with Crippen LogP contribution in [0.5, 0.6) is 0 Å². The summed E-state index contributed by atoms with van der Waals surface area (Å²) in [6, 6.07) is 0.493. The van der Waals surface area contributed by atoms with Crippen LogP contribution in [0, 0.1) is 0 Å². The third kappa shape index (κ3) is 2.40. The fourth-order valence-electron chi connectivity index (χ4n) is 2.34. The predicted octanol–water partition coefficient (Wildman–Crippen LogP) is 2.01. The summed E-state index contributed by atoms with van der Waals surface area (Å²) in [5.41, 5.74) is 4.38. The van der Waals surface area contributed by atoms with Crippen LogP contribution in [-0.2, 0) is 13.0 Å². The van der Waals surface area contributed by atoms with E-state index < -0.39 is 0 Å². The lowest BCUT2D eigenvalue weighted by Crippen LogP contribution is -2.17. The average molecular weight is 248 g/mol. The third-order valence-corrected chi connectivity index (χ3v) is 3.89. The van der Waals surface area contributed by atoms with Crippen LogP contribution in [0.3, 0.4) is 0 Å². The van der Waals surface area contributed by atoms with E-state index in [0.29, 0.717) is 6.04 Å². The van der Waals surface area contributed by atoms with Crippen molar-refractivity contribution in [3.63, 3.8) is 0 Å². The second-order valence-corrected chi connectivity index (χ2v) is 5.11. The summed E-state index contributed by atoms with van der Waals surface area (Å²) >= 11 is 1.66. The first-order valence-corrected chi connectivity index (χ1v) is 6.98. The van der Waals surface area contributed by atoms with E-state index in [1.807, 2.05) is 18.0 Å². The molecule has 17 heavy (non-hydrogen) atoms.